The second kappa shape index (κ2) is 8.12. The summed E-state index contributed by atoms with van der Waals surface area (Å²) in [6.07, 6.45) is 5.75. The minimum absolute atomic E-state index is 0.0854. The van der Waals surface area contributed by atoms with Crippen molar-refractivity contribution in [3.05, 3.63) is 34.9 Å². The molecule has 0 bridgehead atoms. The Morgan fingerprint density at radius 2 is 2.00 bits per heavy atom. The normalized spacial score (nSPS) is 31.3. The highest BCUT2D eigenvalue weighted by Crippen LogP contribution is 2.35. The Kier molecular flexibility index (Phi) is 5.33. The van der Waals surface area contributed by atoms with Gasteiger partial charge in [0.1, 0.15) is 6.04 Å². The molecule has 4 aliphatic rings. The van der Waals surface area contributed by atoms with Gasteiger partial charge in [-0.1, -0.05) is 24.6 Å². The van der Waals surface area contributed by atoms with Gasteiger partial charge in [0.05, 0.1) is 0 Å². The molecule has 3 aliphatic heterocycles. The van der Waals surface area contributed by atoms with Crippen LogP contribution in [0.5, 0.6) is 0 Å². The number of hydrogen-bond donors (Lipinski definition) is 3. The number of hydrogen-bond acceptors (Lipinski definition) is 5. The van der Waals surface area contributed by atoms with E-state index in [0.717, 1.165) is 35.7 Å². The molecule has 4 unspecified atom stereocenters. The highest BCUT2D eigenvalue weighted by molar-refractivity contribution is 6.05. The number of carbonyl (C=O) groups excluding carboxylic acids is 3. The molecule has 1 aromatic rings. The lowest BCUT2D eigenvalue weighted by atomic mass is 9.72. The van der Waals surface area contributed by atoms with Crippen LogP contribution in [-0.4, -0.2) is 47.8 Å². The first kappa shape index (κ1) is 19.7. The molecule has 1 aliphatic carbocycles. The van der Waals surface area contributed by atoms with Crippen LogP contribution in [-0.2, 0) is 22.7 Å². The van der Waals surface area contributed by atoms with Gasteiger partial charge in [-0.2, -0.15) is 0 Å². The van der Waals surface area contributed by atoms with E-state index in [2.05, 4.69) is 16.0 Å². The smallest absolute Gasteiger partial charge is 0.255 e. The highest BCUT2D eigenvalue weighted by Gasteiger charge is 2.40. The fraction of sp³-hybridized carbons (Fsp3) is 0.609. The number of benzene rings is 1. The van der Waals surface area contributed by atoms with E-state index < -0.39 is 6.04 Å². The number of piperidine rings is 2. The predicted octanol–water partition coefficient (Wildman–Crippen LogP) is 1.32. The third kappa shape index (κ3) is 3.54. The zero-order valence-corrected chi connectivity index (χ0v) is 17.3. The van der Waals surface area contributed by atoms with E-state index in [-0.39, 0.29) is 24.1 Å². The van der Waals surface area contributed by atoms with Gasteiger partial charge >= 0.3 is 0 Å². The van der Waals surface area contributed by atoms with Crippen LogP contribution in [0.1, 0.15) is 60.0 Å². The maximum Gasteiger partial charge on any atom is 0.255 e. The third-order valence-corrected chi connectivity index (χ3v) is 7.48. The monoisotopic (exact) mass is 410 g/mol. The van der Waals surface area contributed by atoms with Crippen molar-refractivity contribution in [3.8, 4) is 0 Å². The molecule has 3 fully saturated rings. The van der Waals surface area contributed by atoms with Crippen LogP contribution in [0, 0.1) is 11.8 Å². The van der Waals surface area contributed by atoms with E-state index in [4.69, 9.17) is 0 Å². The molecule has 3 heterocycles. The number of imide groups is 1. The van der Waals surface area contributed by atoms with E-state index >= 15 is 0 Å². The van der Waals surface area contributed by atoms with Gasteiger partial charge in [-0.3, -0.25) is 19.7 Å². The second-order valence-electron chi connectivity index (χ2n) is 9.19. The van der Waals surface area contributed by atoms with E-state index in [1.54, 1.807) is 4.90 Å². The molecule has 3 amide bonds. The predicted molar refractivity (Wildman–Crippen MR) is 111 cm³/mol. The van der Waals surface area contributed by atoms with Crippen LogP contribution in [0.4, 0.5) is 0 Å². The summed E-state index contributed by atoms with van der Waals surface area (Å²) in [7, 11) is 0. The molecule has 1 aromatic carbocycles. The summed E-state index contributed by atoms with van der Waals surface area (Å²) < 4.78 is 0. The first-order chi connectivity index (χ1) is 14.6. The lowest BCUT2D eigenvalue weighted by Crippen LogP contribution is -2.52. The summed E-state index contributed by atoms with van der Waals surface area (Å²) >= 11 is 0. The van der Waals surface area contributed by atoms with E-state index in [1.165, 1.54) is 25.7 Å². The van der Waals surface area contributed by atoms with Crippen molar-refractivity contribution in [2.45, 2.75) is 63.7 Å². The summed E-state index contributed by atoms with van der Waals surface area (Å²) in [5.74, 6) is 0.778. The van der Waals surface area contributed by atoms with Crippen molar-refractivity contribution in [1.29, 1.82) is 0 Å². The first-order valence-corrected chi connectivity index (χ1v) is 11.3. The van der Waals surface area contributed by atoms with Crippen LogP contribution in [0.2, 0.25) is 0 Å². The van der Waals surface area contributed by atoms with Gasteiger partial charge in [-0.15, -0.1) is 0 Å². The Morgan fingerprint density at radius 3 is 2.87 bits per heavy atom. The zero-order valence-electron chi connectivity index (χ0n) is 17.3. The molecule has 7 heteroatoms. The van der Waals surface area contributed by atoms with Crippen molar-refractivity contribution < 1.29 is 14.4 Å². The van der Waals surface area contributed by atoms with Crippen molar-refractivity contribution in [2.24, 2.45) is 11.8 Å². The lowest BCUT2D eigenvalue weighted by Gasteiger charge is -2.42. The Hall–Kier alpha value is -2.25. The summed E-state index contributed by atoms with van der Waals surface area (Å²) in [5.41, 5.74) is 2.73. The van der Waals surface area contributed by atoms with Crippen molar-refractivity contribution >= 4 is 17.7 Å². The van der Waals surface area contributed by atoms with Gasteiger partial charge in [-0.25, -0.2) is 0 Å². The van der Waals surface area contributed by atoms with Crippen molar-refractivity contribution in [2.75, 3.05) is 13.1 Å². The highest BCUT2D eigenvalue weighted by atomic mass is 16.2. The number of nitrogens with zero attached hydrogens (tertiary/aromatic N) is 1. The Bertz CT molecular complexity index is 868. The molecule has 0 radical (unpaired) electrons. The van der Waals surface area contributed by atoms with Crippen LogP contribution in [0.25, 0.3) is 0 Å². The standard InChI is InChI=1S/C23H30N4O3/c28-20-8-7-19(22(29)26-20)27-13-16-5-1-4-15(21(16)23(27)30)11-25-18-6-2-3-14-9-10-24-12-17(14)18/h1,4-5,14,17-19,24-25H,2-3,6-13H2,(H,26,28,29). The van der Waals surface area contributed by atoms with Gasteiger partial charge in [0.15, 0.2) is 0 Å². The average Bonchev–Trinajstić information content (AvgIpc) is 3.09. The van der Waals surface area contributed by atoms with Gasteiger partial charge in [-0.05, 0) is 61.7 Å². The maximum atomic E-state index is 13.2. The first-order valence-electron chi connectivity index (χ1n) is 11.3. The molecule has 2 saturated heterocycles. The third-order valence-electron chi connectivity index (χ3n) is 7.48. The summed E-state index contributed by atoms with van der Waals surface area (Å²) in [4.78, 5) is 38.7. The van der Waals surface area contributed by atoms with E-state index in [0.29, 0.717) is 31.5 Å². The summed E-state index contributed by atoms with van der Waals surface area (Å²) in [6, 6.07) is 5.93. The largest absolute Gasteiger partial charge is 0.322 e. The van der Waals surface area contributed by atoms with Gasteiger partial charge in [0.25, 0.3) is 5.91 Å². The number of fused-ring (bicyclic) bond motifs is 2. The Morgan fingerprint density at radius 1 is 1.10 bits per heavy atom. The summed E-state index contributed by atoms with van der Waals surface area (Å²) in [5, 5.41) is 9.68. The van der Waals surface area contributed by atoms with Crippen LogP contribution < -0.4 is 16.0 Å². The van der Waals surface area contributed by atoms with Crippen LogP contribution >= 0.6 is 0 Å². The van der Waals surface area contributed by atoms with Crippen molar-refractivity contribution in [3.63, 3.8) is 0 Å². The molecule has 0 spiro atoms. The molecular formula is C23H30N4O3. The average molecular weight is 411 g/mol. The SMILES string of the molecule is O=C1CCC(N2Cc3cccc(CNC4CCCC5CCNCC54)c3C2=O)C(=O)N1. The fourth-order valence-electron chi connectivity index (χ4n) is 5.91. The topological polar surface area (TPSA) is 90.5 Å². The lowest BCUT2D eigenvalue weighted by molar-refractivity contribution is -0.136. The van der Waals surface area contributed by atoms with Crippen LogP contribution in [0.15, 0.2) is 18.2 Å². The molecule has 4 atom stereocenters. The molecule has 3 N–H and O–H groups in total. The molecule has 160 valence electrons. The molecule has 5 rings (SSSR count). The number of carbonyl (C=O) groups is 3. The second-order valence-corrected chi connectivity index (χ2v) is 9.19. The van der Waals surface area contributed by atoms with Gasteiger partial charge in [0, 0.05) is 31.1 Å². The molecule has 1 saturated carbocycles. The quantitative estimate of drug-likeness (QED) is 0.652. The molecular weight excluding hydrogens is 380 g/mol. The summed E-state index contributed by atoms with van der Waals surface area (Å²) in [6.45, 7) is 3.32. The minimum Gasteiger partial charge on any atom is -0.322 e. The van der Waals surface area contributed by atoms with Gasteiger partial charge in [0.2, 0.25) is 11.8 Å². The number of amides is 3. The molecule has 30 heavy (non-hydrogen) atoms. The number of nitrogens with one attached hydrogen (secondary N) is 3. The zero-order chi connectivity index (χ0) is 20.7. The van der Waals surface area contributed by atoms with Crippen molar-refractivity contribution in [1.82, 2.24) is 20.9 Å². The van der Waals surface area contributed by atoms with E-state index in [1.807, 2.05) is 18.2 Å². The maximum absolute atomic E-state index is 13.2. The Balaban J connectivity index is 1.30. The fourth-order valence-corrected chi connectivity index (χ4v) is 5.91. The molecule has 0 aromatic heterocycles. The van der Waals surface area contributed by atoms with E-state index in [9.17, 15) is 14.4 Å². The Labute approximate surface area is 177 Å². The number of rotatable bonds is 4. The molecule has 7 nitrogen and oxygen atoms in total. The van der Waals surface area contributed by atoms with Crippen LogP contribution in [0.3, 0.4) is 0 Å². The van der Waals surface area contributed by atoms with Gasteiger partial charge < -0.3 is 15.5 Å². The minimum atomic E-state index is -0.559.